The van der Waals surface area contributed by atoms with Crippen molar-refractivity contribution in [2.45, 2.75) is 0 Å². The number of para-hydroxylation sites is 2. The van der Waals surface area contributed by atoms with Crippen LogP contribution in [0.4, 0.5) is 5.69 Å². The van der Waals surface area contributed by atoms with Gasteiger partial charge in [-0.3, -0.25) is 0 Å². The zero-order valence-corrected chi connectivity index (χ0v) is 9.04. The maximum Gasteiger partial charge on any atom is 0.110 e. The lowest BCUT2D eigenvalue weighted by Gasteiger charge is -1.99. The second-order valence-electron chi connectivity index (χ2n) is 4.07. The number of azo groups is 1. The van der Waals surface area contributed by atoms with Gasteiger partial charge >= 0.3 is 0 Å². The largest absolute Gasteiger partial charge is 0.312 e. The summed E-state index contributed by atoms with van der Waals surface area (Å²) in [5.74, 6) is 0. The van der Waals surface area contributed by atoms with Gasteiger partial charge in [0.25, 0.3) is 0 Å². The Bertz CT molecular complexity index is 794. The number of fused-ring (bicyclic) bond motifs is 3. The number of benzene rings is 2. The van der Waals surface area contributed by atoms with Crippen molar-refractivity contribution in [3.8, 4) is 0 Å². The fourth-order valence-electron chi connectivity index (χ4n) is 2.46. The molecule has 2 aromatic carbocycles. The molecule has 0 unspecified atom stereocenters. The van der Waals surface area contributed by atoms with Crippen LogP contribution in [0, 0.1) is 0 Å². The Labute approximate surface area is 97.7 Å². The molecule has 0 saturated heterocycles. The Kier molecular flexibility index (Phi) is 1.56. The number of hydrogen-bond donors (Lipinski definition) is 0. The molecule has 17 heavy (non-hydrogen) atoms. The van der Waals surface area contributed by atoms with E-state index in [4.69, 9.17) is 0 Å². The van der Waals surface area contributed by atoms with Gasteiger partial charge in [0.15, 0.2) is 0 Å². The minimum Gasteiger partial charge on any atom is -0.312 e. The van der Waals surface area contributed by atoms with Crippen molar-refractivity contribution in [2.24, 2.45) is 10.2 Å². The lowest BCUT2D eigenvalue weighted by Crippen LogP contribution is -1.83. The molecule has 3 aromatic rings. The summed E-state index contributed by atoms with van der Waals surface area (Å²) in [7, 11) is 0. The third-order valence-corrected chi connectivity index (χ3v) is 3.16. The van der Waals surface area contributed by atoms with Crippen molar-refractivity contribution in [3.63, 3.8) is 0 Å². The molecule has 0 bridgehead atoms. The van der Waals surface area contributed by atoms with E-state index in [1.54, 1.807) is 6.20 Å². The van der Waals surface area contributed by atoms with Gasteiger partial charge in [-0.05, 0) is 12.1 Å². The van der Waals surface area contributed by atoms with Gasteiger partial charge in [-0.1, -0.05) is 30.3 Å². The maximum atomic E-state index is 4.22. The first-order chi connectivity index (χ1) is 8.45. The van der Waals surface area contributed by atoms with Gasteiger partial charge in [0.2, 0.25) is 0 Å². The van der Waals surface area contributed by atoms with Crippen LogP contribution in [0.3, 0.4) is 0 Å². The van der Waals surface area contributed by atoms with Gasteiger partial charge in [-0.25, -0.2) is 0 Å². The third-order valence-electron chi connectivity index (χ3n) is 3.16. The number of hydrogen-bond acceptors (Lipinski definition) is 2. The van der Waals surface area contributed by atoms with Gasteiger partial charge in [0, 0.05) is 17.0 Å². The highest BCUT2D eigenvalue weighted by atomic mass is 15.1. The van der Waals surface area contributed by atoms with Crippen LogP contribution in [-0.4, -0.2) is 4.57 Å². The first-order valence-electron chi connectivity index (χ1n) is 5.54. The van der Waals surface area contributed by atoms with Gasteiger partial charge in [-0.15, -0.1) is 5.11 Å². The minimum atomic E-state index is 0.920. The number of aromatic nitrogens is 1. The van der Waals surface area contributed by atoms with Crippen molar-refractivity contribution in [3.05, 3.63) is 48.7 Å². The zero-order valence-electron chi connectivity index (χ0n) is 9.04. The van der Waals surface area contributed by atoms with E-state index in [0.29, 0.717) is 0 Å². The molecule has 0 radical (unpaired) electrons. The predicted molar refractivity (Wildman–Crippen MR) is 69.3 cm³/mol. The molecule has 0 fully saturated rings. The molecule has 0 spiro atoms. The average molecular weight is 219 g/mol. The summed E-state index contributed by atoms with van der Waals surface area (Å²) in [6, 6.07) is 14.5. The molecule has 0 amide bonds. The molecule has 80 valence electrons. The lowest BCUT2D eigenvalue weighted by molar-refractivity contribution is 1.25. The lowest BCUT2D eigenvalue weighted by atomic mass is 10.1. The van der Waals surface area contributed by atoms with Crippen molar-refractivity contribution in [1.82, 2.24) is 4.57 Å². The van der Waals surface area contributed by atoms with Crippen molar-refractivity contribution in [2.75, 3.05) is 0 Å². The SMILES string of the molecule is C1=Cn2c3ccccc3c3cccc(c32)N=N1. The van der Waals surface area contributed by atoms with Gasteiger partial charge in [0.1, 0.15) is 5.69 Å². The molecule has 4 rings (SSSR count). The summed E-state index contributed by atoms with van der Waals surface area (Å²) < 4.78 is 2.15. The Balaban J connectivity index is 2.39. The van der Waals surface area contributed by atoms with E-state index >= 15 is 0 Å². The number of nitrogens with zero attached hydrogens (tertiary/aromatic N) is 3. The molecule has 3 nitrogen and oxygen atoms in total. The Morgan fingerprint density at radius 2 is 1.76 bits per heavy atom. The maximum absolute atomic E-state index is 4.22. The van der Waals surface area contributed by atoms with Crippen LogP contribution in [-0.2, 0) is 0 Å². The minimum absolute atomic E-state index is 0.920. The molecule has 1 aromatic heterocycles. The van der Waals surface area contributed by atoms with E-state index in [-0.39, 0.29) is 0 Å². The van der Waals surface area contributed by atoms with E-state index in [1.807, 2.05) is 18.3 Å². The third kappa shape index (κ3) is 1.05. The highest BCUT2D eigenvalue weighted by Gasteiger charge is 2.12. The standard InChI is InChI=1S/C14H9N3/c1-2-7-13-10(4-1)11-5-3-6-12-14(11)17(13)9-8-15-16-12/h1-9H. The first-order valence-corrected chi connectivity index (χ1v) is 5.54. The van der Waals surface area contributed by atoms with Gasteiger partial charge in [-0.2, -0.15) is 5.11 Å². The summed E-state index contributed by atoms with van der Waals surface area (Å²) in [4.78, 5) is 0. The van der Waals surface area contributed by atoms with Crippen molar-refractivity contribution >= 4 is 33.7 Å². The Morgan fingerprint density at radius 1 is 0.882 bits per heavy atom. The second-order valence-corrected chi connectivity index (χ2v) is 4.07. The molecule has 1 aliphatic heterocycles. The van der Waals surface area contributed by atoms with E-state index in [9.17, 15) is 0 Å². The molecule has 0 aliphatic carbocycles. The molecular formula is C14H9N3. The van der Waals surface area contributed by atoms with E-state index in [0.717, 1.165) is 11.2 Å². The van der Waals surface area contributed by atoms with Crippen LogP contribution < -0.4 is 0 Å². The van der Waals surface area contributed by atoms with Crippen molar-refractivity contribution in [1.29, 1.82) is 0 Å². The predicted octanol–water partition coefficient (Wildman–Crippen LogP) is 4.32. The summed E-state index contributed by atoms with van der Waals surface area (Å²) in [5, 5.41) is 10.7. The topological polar surface area (TPSA) is 29.6 Å². The van der Waals surface area contributed by atoms with Crippen LogP contribution in [0.15, 0.2) is 58.9 Å². The molecule has 2 heterocycles. The van der Waals surface area contributed by atoms with Crippen LogP contribution in [0.5, 0.6) is 0 Å². The quantitative estimate of drug-likeness (QED) is 0.539. The Hall–Kier alpha value is -2.42. The summed E-state index contributed by atoms with van der Waals surface area (Å²) in [5.41, 5.74) is 3.24. The van der Waals surface area contributed by atoms with Gasteiger partial charge in [0.05, 0.1) is 17.2 Å². The molecular weight excluding hydrogens is 210 g/mol. The molecule has 0 saturated carbocycles. The number of rotatable bonds is 0. The van der Waals surface area contributed by atoms with Crippen molar-refractivity contribution < 1.29 is 0 Å². The summed E-state index contributed by atoms with van der Waals surface area (Å²) in [6.45, 7) is 0. The highest BCUT2D eigenvalue weighted by Crippen LogP contribution is 2.36. The van der Waals surface area contributed by atoms with Crippen LogP contribution in [0.25, 0.3) is 28.0 Å². The smallest absolute Gasteiger partial charge is 0.110 e. The monoisotopic (exact) mass is 219 g/mol. The summed E-state index contributed by atoms with van der Waals surface area (Å²) in [6.07, 6.45) is 3.69. The Morgan fingerprint density at radius 3 is 2.76 bits per heavy atom. The summed E-state index contributed by atoms with van der Waals surface area (Å²) >= 11 is 0. The van der Waals surface area contributed by atoms with E-state index in [1.165, 1.54) is 16.3 Å². The second kappa shape index (κ2) is 3.04. The molecule has 1 aliphatic rings. The van der Waals surface area contributed by atoms with Gasteiger partial charge < -0.3 is 4.57 Å². The first kappa shape index (κ1) is 8.70. The fourth-order valence-corrected chi connectivity index (χ4v) is 2.46. The van der Waals surface area contributed by atoms with Crippen LogP contribution >= 0.6 is 0 Å². The van der Waals surface area contributed by atoms with Crippen LogP contribution in [0.2, 0.25) is 0 Å². The highest BCUT2D eigenvalue weighted by molar-refractivity contribution is 6.12. The normalized spacial score (nSPS) is 13.4. The average Bonchev–Trinajstić information content (AvgIpc) is 2.56. The fraction of sp³-hybridized carbons (Fsp3) is 0. The molecule has 0 atom stereocenters. The molecule has 3 heteroatoms. The molecule has 0 N–H and O–H groups in total. The van der Waals surface area contributed by atoms with E-state index < -0.39 is 0 Å². The zero-order chi connectivity index (χ0) is 11.2. The van der Waals surface area contributed by atoms with E-state index in [2.05, 4.69) is 45.1 Å². The van der Waals surface area contributed by atoms with Crippen LogP contribution in [0.1, 0.15) is 0 Å².